The number of guanidine groups is 1. The molecule has 0 amide bonds. The number of rotatable bonds is 2. The Morgan fingerprint density at radius 1 is 1.75 bits per heavy atom. The number of nitrogens with one attached hydrogen (secondary N) is 1. The second kappa shape index (κ2) is 4.30. The van der Waals surface area contributed by atoms with E-state index in [-0.39, 0.29) is 5.96 Å². The zero-order chi connectivity index (χ0) is 8.97. The van der Waals surface area contributed by atoms with Crippen LogP contribution in [0.5, 0.6) is 0 Å². The van der Waals surface area contributed by atoms with Crippen molar-refractivity contribution in [1.82, 2.24) is 4.90 Å². The minimum absolute atomic E-state index is 0.191. The van der Waals surface area contributed by atoms with Crippen LogP contribution in [0.4, 0.5) is 0 Å². The highest BCUT2D eigenvalue weighted by atomic mass is 16.5. The Kier molecular flexibility index (Phi) is 3.34. The predicted molar refractivity (Wildman–Crippen MR) is 48.1 cm³/mol. The van der Waals surface area contributed by atoms with Crippen molar-refractivity contribution in [3.05, 3.63) is 0 Å². The molecule has 0 aromatic heterocycles. The molecule has 12 heavy (non-hydrogen) atoms. The lowest BCUT2D eigenvalue weighted by Gasteiger charge is -2.32. The van der Waals surface area contributed by atoms with Gasteiger partial charge in [-0.3, -0.25) is 5.41 Å². The fourth-order valence-corrected chi connectivity index (χ4v) is 1.66. The molecule has 0 aliphatic carbocycles. The van der Waals surface area contributed by atoms with Gasteiger partial charge in [0.2, 0.25) is 0 Å². The summed E-state index contributed by atoms with van der Waals surface area (Å²) in [5, 5.41) is 7.27. The SMILES string of the molecule is COC[C@@H]1CCCN(C(=N)N)C1. The molecule has 70 valence electrons. The number of hydrogen-bond acceptors (Lipinski definition) is 2. The van der Waals surface area contributed by atoms with E-state index in [4.69, 9.17) is 15.9 Å². The van der Waals surface area contributed by atoms with Crippen LogP contribution in [0.2, 0.25) is 0 Å². The fraction of sp³-hybridized carbons (Fsp3) is 0.875. The molecule has 1 fully saturated rings. The number of nitrogens with zero attached hydrogens (tertiary/aromatic N) is 1. The summed E-state index contributed by atoms with van der Waals surface area (Å²) in [5.74, 6) is 0.739. The molecular weight excluding hydrogens is 154 g/mol. The first-order valence-corrected chi connectivity index (χ1v) is 4.32. The van der Waals surface area contributed by atoms with Crippen molar-refractivity contribution in [2.45, 2.75) is 12.8 Å². The molecule has 0 unspecified atom stereocenters. The van der Waals surface area contributed by atoms with Crippen LogP contribution in [-0.2, 0) is 4.74 Å². The molecule has 1 atom stereocenters. The third-order valence-corrected chi connectivity index (χ3v) is 2.26. The van der Waals surface area contributed by atoms with Crippen molar-refractivity contribution in [1.29, 1.82) is 5.41 Å². The van der Waals surface area contributed by atoms with E-state index in [1.807, 2.05) is 4.90 Å². The first kappa shape index (κ1) is 9.32. The van der Waals surface area contributed by atoms with Crippen LogP contribution in [0.15, 0.2) is 0 Å². The number of methoxy groups -OCH3 is 1. The van der Waals surface area contributed by atoms with E-state index in [2.05, 4.69) is 0 Å². The maximum absolute atomic E-state index is 7.27. The third kappa shape index (κ3) is 2.37. The highest BCUT2D eigenvalue weighted by Crippen LogP contribution is 2.15. The van der Waals surface area contributed by atoms with Gasteiger partial charge in [0.15, 0.2) is 5.96 Å². The Morgan fingerprint density at radius 2 is 2.50 bits per heavy atom. The van der Waals surface area contributed by atoms with Crippen LogP contribution in [0.25, 0.3) is 0 Å². The minimum Gasteiger partial charge on any atom is -0.384 e. The van der Waals surface area contributed by atoms with Gasteiger partial charge in [-0.15, -0.1) is 0 Å². The highest BCUT2D eigenvalue weighted by Gasteiger charge is 2.19. The van der Waals surface area contributed by atoms with Crippen molar-refractivity contribution in [2.24, 2.45) is 11.7 Å². The minimum atomic E-state index is 0.191. The van der Waals surface area contributed by atoms with Gasteiger partial charge < -0.3 is 15.4 Å². The Bertz CT molecular complexity index is 158. The van der Waals surface area contributed by atoms with Crippen molar-refractivity contribution in [2.75, 3.05) is 26.8 Å². The van der Waals surface area contributed by atoms with Crippen LogP contribution < -0.4 is 5.73 Å². The molecular formula is C8H17N3O. The van der Waals surface area contributed by atoms with E-state index in [1.165, 1.54) is 6.42 Å². The summed E-state index contributed by atoms with van der Waals surface area (Å²) in [6, 6.07) is 0. The molecule has 4 heteroatoms. The average Bonchev–Trinajstić information content (AvgIpc) is 2.05. The van der Waals surface area contributed by atoms with Gasteiger partial charge >= 0.3 is 0 Å². The van der Waals surface area contributed by atoms with E-state index in [1.54, 1.807) is 7.11 Å². The maximum Gasteiger partial charge on any atom is 0.188 e. The summed E-state index contributed by atoms with van der Waals surface area (Å²) in [4.78, 5) is 1.91. The molecule has 1 aliphatic rings. The monoisotopic (exact) mass is 171 g/mol. The van der Waals surface area contributed by atoms with Crippen LogP contribution in [0.1, 0.15) is 12.8 Å². The van der Waals surface area contributed by atoms with E-state index in [9.17, 15) is 0 Å². The largest absolute Gasteiger partial charge is 0.384 e. The van der Waals surface area contributed by atoms with Gasteiger partial charge in [-0.25, -0.2) is 0 Å². The van der Waals surface area contributed by atoms with Gasteiger partial charge in [0, 0.05) is 20.2 Å². The van der Waals surface area contributed by atoms with Gasteiger partial charge in [-0.2, -0.15) is 0 Å². The summed E-state index contributed by atoms with van der Waals surface area (Å²) >= 11 is 0. The molecule has 4 nitrogen and oxygen atoms in total. The number of ether oxygens (including phenoxy) is 1. The summed E-state index contributed by atoms with van der Waals surface area (Å²) in [7, 11) is 1.71. The molecule has 0 saturated carbocycles. The van der Waals surface area contributed by atoms with Crippen LogP contribution in [0, 0.1) is 11.3 Å². The Labute approximate surface area is 73.2 Å². The Hall–Kier alpha value is -0.770. The molecule has 1 aliphatic heterocycles. The number of hydrogen-bond donors (Lipinski definition) is 2. The second-order valence-corrected chi connectivity index (χ2v) is 3.29. The first-order valence-electron chi connectivity index (χ1n) is 4.32. The smallest absolute Gasteiger partial charge is 0.188 e. The maximum atomic E-state index is 7.27. The highest BCUT2D eigenvalue weighted by molar-refractivity contribution is 5.74. The second-order valence-electron chi connectivity index (χ2n) is 3.29. The lowest BCUT2D eigenvalue weighted by molar-refractivity contribution is 0.115. The summed E-state index contributed by atoms with van der Waals surface area (Å²) in [5.41, 5.74) is 5.39. The molecule has 1 heterocycles. The van der Waals surface area contributed by atoms with E-state index in [0.29, 0.717) is 5.92 Å². The first-order chi connectivity index (χ1) is 5.74. The Morgan fingerprint density at radius 3 is 3.08 bits per heavy atom. The molecule has 0 aromatic rings. The number of nitrogens with two attached hydrogens (primary N) is 1. The van der Waals surface area contributed by atoms with Crippen LogP contribution in [0.3, 0.4) is 0 Å². The van der Waals surface area contributed by atoms with Crippen molar-refractivity contribution < 1.29 is 4.74 Å². The molecule has 0 spiro atoms. The van der Waals surface area contributed by atoms with Gasteiger partial charge in [-0.05, 0) is 18.8 Å². The number of piperidine rings is 1. The molecule has 3 N–H and O–H groups in total. The van der Waals surface area contributed by atoms with Crippen molar-refractivity contribution >= 4 is 5.96 Å². The normalized spacial score (nSPS) is 24.1. The zero-order valence-corrected chi connectivity index (χ0v) is 7.55. The van der Waals surface area contributed by atoms with Crippen LogP contribution >= 0.6 is 0 Å². The average molecular weight is 171 g/mol. The van der Waals surface area contributed by atoms with E-state index < -0.39 is 0 Å². The van der Waals surface area contributed by atoms with E-state index >= 15 is 0 Å². The van der Waals surface area contributed by atoms with Gasteiger partial charge in [0.1, 0.15) is 0 Å². The number of likely N-dealkylation sites (tertiary alicyclic amines) is 1. The van der Waals surface area contributed by atoms with Crippen molar-refractivity contribution in [3.8, 4) is 0 Å². The third-order valence-electron chi connectivity index (χ3n) is 2.26. The molecule has 0 bridgehead atoms. The lowest BCUT2D eigenvalue weighted by Crippen LogP contribution is -2.44. The summed E-state index contributed by atoms with van der Waals surface area (Å²) in [6.07, 6.45) is 2.31. The summed E-state index contributed by atoms with van der Waals surface area (Å²) < 4.78 is 5.07. The standard InChI is InChI=1S/C8H17N3O/c1-12-6-7-3-2-4-11(5-7)8(9)10/h7H,2-6H2,1H3,(H3,9,10)/t7-/m1/s1. The zero-order valence-electron chi connectivity index (χ0n) is 7.55. The van der Waals surface area contributed by atoms with Crippen molar-refractivity contribution in [3.63, 3.8) is 0 Å². The van der Waals surface area contributed by atoms with Gasteiger partial charge in [0.05, 0.1) is 6.61 Å². The molecule has 0 aromatic carbocycles. The molecule has 1 saturated heterocycles. The Balaban J connectivity index is 2.35. The van der Waals surface area contributed by atoms with Gasteiger partial charge in [0.25, 0.3) is 0 Å². The topological polar surface area (TPSA) is 62.3 Å². The fourth-order valence-electron chi connectivity index (χ4n) is 1.66. The summed E-state index contributed by atoms with van der Waals surface area (Å²) in [6.45, 7) is 2.59. The van der Waals surface area contributed by atoms with Crippen LogP contribution in [-0.4, -0.2) is 37.7 Å². The molecule has 1 rings (SSSR count). The van der Waals surface area contributed by atoms with Gasteiger partial charge in [-0.1, -0.05) is 0 Å². The molecule has 0 radical (unpaired) electrons. The van der Waals surface area contributed by atoms with E-state index in [0.717, 1.165) is 26.1 Å². The predicted octanol–water partition coefficient (Wildman–Crippen LogP) is 0.238. The quantitative estimate of drug-likeness (QED) is 0.462. The lowest BCUT2D eigenvalue weighted by atomic mass is 9.99.